The van der Waals surface area contributed by atoms with Gasteiger partial charge >= 0.3 is 0 Å². The van der Waals surface area contributed by atoms with Crippen LogP contribution in [0.3, 0.4) is 0 Å². The highest BCUT2D eigenvalue weighted by atomic mass is 16.5. The Hall–Kier alpha value is -2.94. The van der Waals surface area contributed by atoms with E-state index in [0.717, 1.165) is 43.4 Å². The molecule has 2 unspecified atom stereocenters. The normalized spacial score (nSPS) is 19.1. The fourth-order valence-electron chi connectivity index (χ4n) is 3.83. The van der Waals surface area contributed by atoms with E-state index in [1.807, 2.05) is 54.5 Å². The number of nitrogens with zero attached hydrogens (tertiary/aromatic N) is 5. The highest BCUT2D eigenvalue weighted by Gasteiger charge is 2.26. The number of carbonyl (C=O) groups is 1. The maximum Gasteiger partial charge on any atom is 0.254 e. The summed E-state index contributed by atoms with van der Waals surface area (Å²) >= 11 is 0. The molecule has 2 atom stereocenters. The van der Waals surface area contributed by atoms with Gasteiger partial charge in [0, 0.05) is 44.7 Å². The van der Waals surface area contributed by atoms with E-state index in [0.29, 0.717) is 25.2 Å². The molecule has 2 N–H and O–H groups in total. The quantitative estimate of drug-likeness (QED) is 0.479. The molecule has 1 aromatic carbocycles. The van der Waals surface area contributed by atoms with Gasteiger partial charge in [-0.25, -0.2) is 4.99 Å². The molecule has 9 heteroatoms. The number of carbonyl (C=O) groups excluding carboxylic acids is 1. The Bertz CT molecular complexity index is 884. The van der Waals surface area contributed by atoms with E-state index in [2.05, 4.69) is 32.7 Å². The molecular formula is C23H35N7O2. The molecule has 3 rings (SSSR count). The van der Waals surface area contributed by atoms with Crippen LogP contribution in [0.2, 0.25) is 0 Å². The predicted molar refractivity (Wildman–Crippen MR) is 125 cm³/mol. The van der Waals surface area contributed by atoms with Gasteiger partial charge in [-0.05, 0) is 38.5 Å². The number of guanidine groups is 1. The number of aromatic nitrogens is 3. The number of morpholine rings is 1. The van der Waals surface area contributed by atoms with Gasteiger partial charge in [0.15, 0.2) is 5.96 Å². The van der Waals surface area contributed by atoms with Crippen LogP contribution in [0, 0.1) is 0 Å². The Labute approximate surface area is 190 Å². The average Bonchev–Trinajstić information content (AvgIpc) is 3.24. The van der Waals surface area contributed by atoms with E-state index in [4.69, 9.17) is 4.74 Å². The van der Waals surface area contributed by atoms with Crippen LogP contribution >= 0.6 is 0 Å². The minimum atomic E-state index is 0.0532. The van der Waals surface area contributed by atoms with Gasteiger partial charge in [0.1, 0.15) is 12.2 Å². The van der Waals surface area contributed by atoms with E-state index in [1.165, 1.54) is 0 Å². The third kappa shape index (κ3) is 6.53. The summed E-state index contributed by atoms with van der Waals surface area (Å²) in [4.78, 5) is 19.4. The van der Waals surface area contributed by atoms with Gasteiger partial charge in [0.2, 0.25) is 0 Å². The number of nitrogens with one attached hydrogen (secondary N) is 2. The second-order valence-electron chi connectivity index (χ2n) is 8.08. The summed E-state index contributed by atoms with van der Waals surface area (Å²) in [5.74, 6) is 1.79. The fourth-order valence-corrected chi connectivity index (χ4v) is 3.83. The summed E-state index contributed by atoms with van der Waals surface area (Å²) in [5.41, 5.74) is 1.75. The first kappa shape index (κ1) is 23.7. The predicted octanol–water partition coefficient (Wildman–Crippen LogP) is 1.85. The van der Waals surface area contributed by atoms with Gasteiger partial charge < -0.3 is 24.8 Å². The monoisotopic (exact) mass is 441 g/mol. The Kier molecular flexibility index (Phi) is 8.61. The van der Waals surface area contributed by atoms with Crippen molar-refractivity contribution in [1.29, 1.82) is 0 Å². The van der Waals surface area contributed by atoms with Crippen molar-refractivity contribution in [2.45, 2.75) is 59.4 Å². The van der Waals surface area contributed by atoms with Crippen molar-refractivity contribution in [2.75, 3.05) is 26.2 Å². The van der Waals surface area contributed by atoms with Crippen molar-refractivity contribution in [3.8, 4) is 0 Å². The lowest BCUT2D eigenvalue weighted by Gasteiger charge is -2.35. The lowest BCUT2D eigenvalue weighted by molar-refractivity contribution is -0.0586. The van der Waals surface area contributed by atoms with Crippen molar-refractivity contribution < 1.29 is 9.53 Å². The minimum absolute atomic E-state index is 0.0532. The largest absolute Gasteiger partial charge is 0.372 e. The summed E-state index contributed by atoms with van der Waals surface area (Å²) < 4.78 is 7.77. The van der Waals surface area contributed by atoms with Crippen molar-refractivity contribution in [3.63, 3.8) is 0 Å². The van der Waals surface area contributed by atoms with Gasteiger partial charge in [0.25, 0.3) is 5.91 Å². The number of benzene rings is 1. The molecule has 32 heavy (non-hydrogen) atoms. The van der Waals surface area contributed by atoms with Crippen LogP contribution in [0.25, 0.3) is 0 Å². The lowest BCUT2D eigenvalue weighted by Crippen LogP contribution is -2.48. The van der Waals surface area contributed by atoms with Crippen molar-refractivity contribution >= 4 is 11.9 Å². The molecule has 1 fully saturated rings. The number of amides is 1. The zero-order valence-corrected chi connectivity index (χ0v) is 19.5. The average molecular weight is 442 g/mol. The Morgan fingerprint density at radius 3 is 2.53 bits per heavy atom. The van der Waals surface area contributed by atoms with Crippen LogP contribution in [-0.2, 0) is 24.2 Å². The molecule has 0 aliphatic carbocycles. The Morgan fingerprint density at radius 2 is 1.88 bits per heavy atom. The van der Waals surface area contributed by atoms with Gasteiger partial charge in [0.05, 0.1) is 18.8 Å². The Balaban J connectivity index is 1.54. The van der Waals surface area contributed by atoms with Gasteiger partial charge in [-0.3, -0.25) is 4.79 Å². The first-order chi connectivity index (χ1) is 15.5. The number of hydrogen-bond acceptors (Lipinski definition) is 5. The third-order valence-corrected chi connectivity index (χ3v) is 5.33. The number of aliphatic imine (C=N–C) groups is 1. The van der Waals surface area contributed by atoms with Gasteiger partial charge in [-0.15, -0.1) is 10.2 Å². The molecule has 0 bridgehead atoms. The smallest absolute Gasteiger partial charge is 0.254 e. The van der Waals surface area contributed by atoms with Crippen LogP contribution in [0.5, 0.6) is 0 Å². The molecule has 0 saturated carbocycles. The molecule has 1 aliphatic rings. The number of hydrogen-bond donors (Lipinski definition) is 2. The third-order valence-electron chi connectivity index (χ3n) is 5.33. The number of ether oxygens (including phenoxy) is 1. The molecule has 9 nitrogen and oxygen atoms in total. The van der Waals surface area contributed by atoms with E-state index in [9.17, 15) is 4.79 Å². The highest BCUT2D eigenvalue weighted by molar-refractivity contribution is 5.94. The first-order valence-electron chi connectivity index (χ1n) is 11.4. The van der Waals surface area contributed by atoms with Crippen LogP contribution in [0.4, 0.5) is 0 Å². The molecule has 2 aromatic rings. The highest BCUT2D eigenvalue weighted by Crippen LogP contribution is 2.15. The summed E-state index contributed by atoms with van der Waals surface area (Å²) in [6, 6.07) is 7.71. The number of aryl methyl sites for hydroxylation is 1. The second-order valence-corrected chi connectivity index (χ2v) is 8.08. The van der Waals surface area contributed by atoms with Crippen molar-refractivity contribution in [3.05, 3.63) is 47.5 Å². The summed E-state index contributed by atoms with van der Waals surface area (Å²) in [6.07, 6.45) is 2.74. The molecule has 2 heterocycles. The molecule has 0 radical (unpaired) electrons. The molecule has 1 saturated heterocycles. The SMILES string of the molecule is CCNC(=NCc1ccc(C(=O)N2CC(C)OC(C)C2)cc1)NCCn1cnnc1CC. The van der Waals surface area contributed by atoms with E-state index in [1.54, 1.807) is 6.33 Å². The molecule has 1 amide bonds. The lowest BCUT2D eigenvalue weighted by atomic mass is 10.1. The fraction of sp³-hybridized carbons (Fsp3) is 0.565. The summed E-state index contributed by atoms with van der Waals surface area (Å²) in [6.45, 7) is 12.2. The topological polar surface area (TPSA) is 96.7 Å². The van der Waals surface area contributed by atoms with Crippen LogP contribution in [0.1, 0.15) is 49.4 Å². The van der Waals surface area contributed by atoms with Crippen LogP contribution in [-0.4, -0.2) is 69.9 Å². The maximum atomic E-state index is 12.8. The molecule has 1 aliphatic heterocycles. The first-order valence-corrected chi connectivity index (χ1v) is 11.4. The van der Waals surface area contributed by atoms with Crippen LogP contribution < -0.4 is 10.6 Å². The van der Waals surface area contributed by atoms with Gasteiger partial charge in [-0.2, -0.15) is 0 Å². The maximum absolute atomic E-state index is 12.8. The van der Waals surface area contributed by atoms with Gasteiger partial charge in [-0.1, -0.05) is 19.1 Å². The zero-order valence-electron chi connectivity index (χ0n) is 19.5. The van der Waals surface area contributed by atoms with E-state index in [-0.39, 0.29) is 18.1 Å². The van der Waals surface area contributed by atoms with Crippen molar-refractivity contribution in [2.24, 2.45) is 4.99 Å². The second kappa shape index (κ2) is 11.6. The molecule has 1 aromatic heterocycles. The zero-order chi connectivity index (χ0) is 22.9. The summed E-state index contributed by atoms with van der Waals surface area (Å²) in [5, 5.41) is 14.7. The van der Waals surface area contributed by atoms with Crippen LogP contribution in [0.15, 0.2) is 35.6 Å². The number of rotatable bonds is 8. The van der Waals surface area contributed by atoms with E-state index < -0.39 is 0 Å². The molecule has 174 valence electrons. The summed E-state index contributed by atoms with van der Waals surface area (Å²) in [7, 11) is 0. The Morgan fingerprint density at radius 1 is 1.16 bits per heavy atom. The minimum Gasteiger partial charge on any atom is -0.372 e. The van der Waals surface area contributed by atoms with Crippen molar-refractivity contribution in [1.82, 2.24) is 30.3 Å². The molecular weight excluding hydrogens is 406 g/mol. The standard InChI is InChI=1S/C23H35N7O2/c1-5-21-28-27-16-29(21)12-11-25-23(24-6-2)26-13-19-7-9-20(10-8-19)22(31)30-14-17(3)32-18(4)15-30/h7-10,16-18H,5-6,11-15H2,1-4H3,(H2,24,25,26). The van der Waals surface area contributed by atoms with E-state index >= 15 is 0 Å². The molecule has 0 spiro atoms.